The minimum atomic E-state index is -1.42. The molecule has 1 aliphatic rings. The summed E-state index contributed by atoms with van der Waals surface area (Å²) < 4.78 is 18.2. The van der Waals surface area contributed by atoms with Crippen LogP contribution >= 0.6 is 0 Å². The maximum absolute atomic E-state index is 6.87. The molecular weight excluding hydrogens is 64.0 g/mol. The molecule has 0 saturated heterocycles. The van der Waals surface area contributed by atoms with Gasteiger partial charge in [-0.05, 0) is 6.08 Å². The first kappa shape index (κ1) is 1.33. The lowest BCUT2D eigenvalue weighted by molar-refractivity contribution is 0.281. The summed E-state index contributed by atoms with van der Waals surface area (Å²) in [5.74, 6) is 0. The first-order valence-corrected chi connectivity index (χ1v) is 1.53. The Morgan fingerprint density at radius 2 is 3.00 bits per heavy atom. The molecule has 1 nitrogen and oxygen atoms in total. The van der Waals surface area contributed by atoms with E-state index in [9.17, 15) is 0 Å². The van der Waals surface area contributed by atoms with Gasteiger partial charge in [0.1, 0.15) is 0 Å². The van der Waals surface area contributed by atoms with Crippen LogP contribution in [0.25, 0.3) is 0 Å². The quantitative estimate of drug-likeness (QED) is 0.413. The third kappa shape index (κ3) is 0.407. The fourth-order valence-electron chi connectivity index (χ4n) is 0.241. The second-order valence-electron chi connectivity index (χ2n) is 0.838. The standard InChI is InChI=1S/C4H6O/c1-2-4-5-3-1/h1,3H,2,4H2/i4D2. The Morgan fingerprint density at radius 3 is 3.20 bits per heavy atom. The van der Waals surface area contributed by atoms with Crippen LogP contribution in [0.4, 0.5) is 0 Å². The number of hydrogen-bond donors (Lipinski definition) is 0. The molecule has 0 aromatic heterocycles. The van der Waals surface area contributed by atoms with Crippen molar-refractivity contribution >= 4 is 0 Å². The Kier molecular flexibility index (Phi) is 0.295. The maximum atomic E-state index is 6.87. The summed E-state index contributed by atoms with van der Waals surface area (Å²) in [5.41, 5.74) is 0. The maximum Gasteiger partial charge on any atom is 0.0908 e. The molecule has 0 spiro atoms. The highest BCUT2D eigenvalue weighted by molar-refractivity contribution is 4.78. The van der Waals surface area contributed by atoms with Gasteiger partial charge in [0.05, 0.1) is 15.6 Å². The zero-order valence-corrected chi connectivity index (χ0v) is 2.77. The van der Waals surface area contributed by atoms with Crippen molar-refractivity contribution < 1.29 is 7.48 Å². The van der Waals surface area contributed by atoms with Gasteiger partial charge in [-0.15, -0.1) is 0 Å². The van der Waals surface area contributed by atoms with Gasteiger partial charge in [-0.1, -0.05) is 0 Å². The summed E-state index contributed by atoms with van der Waals surface area (Å²) in [6, 6.07) is 0. The van der Waals surface area contributed by atoms with Crippen LogP contribution in [0, 0.1) is 0 Å². The van der Waals surface area contributed by atoms with Gasteiger partial charge in [-0.3, -0.25) is 0 Å². The molecule has 0 saturated carbocycles. The second kappa shape index (κ2) is 1.11. The van der Waals surface area contributed by atoms with Crippen molar-refractivity contribution in [2.75, 3.05) is 6.56 Å². The molecule has 1 heterocycles. The van der Waals surface area contributed by atoms with E-state index in [1.54, 1.807) is 6.08 Å². The Bertz CT molecular complexity index is 87.9. The Balaban J connectivity index is 2.49. The van der Waals surface area contributed by atoms with Crippen LogP contribution in [0.1, 0.15) is 9.16 Å². The summed E-state index contributed by atoms with van der Waals surface area (Å²) in [6.07, 6.45) is 3.44. The lowest BCUT2D eigenvalue weighted by Crippen LogP contribution is -1.70. The molecule has 0 unspecified atom stereocenters. The highest BCUT2D eigenvalue weighted by Crippen LogP contribution is 1.93. The van der Waals surface area contributed by atoms with Crippen molar-refractivity contribution in [2.45, 2.75) is 6.42 Å². The van der Waals surface area contributed by atoms with Gasteiger partial charge in [0.15, 0.2) is 0 Å². The first-order chi connectivity index (χ1) is 3.21. The molecule has 0 bridgehead atoms. The molecule has 0 N–H and O–H groups in total. The second-order valence-corrected chi connectivity index (χ2v) is 0.838. The lowest BCUT2D eigenvalue weighted by atomic mass is 10.5. The van der Waals surface area contributed by atoms with Crippen LogP contribution in [0.3, 0.4) is 0 Å². The molecule has 0 aliphatic carbocycles. The Hall–Kier alpha value is -0.460. The lowest BCUT2D eigenvalue weighted by Gasteiger charge is -1.79. The third-order valence-corrected chi connectivity index (χ3v) is 0.449. The van der Waals surface area contributed by atoms with Crippen molar-refractivity contribution in [3.63, 3.8) is 0 Å². The summed E-state index contributed by atoms with van der Waals surface area (Å²) in [7, 11) is 0. The largest absolute Gasteiger partial charge is 0.501 e. The van der Waals surface area contributed by atoms with Crippen LogP contribution in [0.15, 0.2) is 12.3 Å². The normalized spacial score (nSPS) is 35.2. The molecule has 5 heavy (non-hydrogen) atoms. The summed E-state index contributed by atoms with van der Waals surface area (Å²) in [6.45, 7) is -1.42. The van der Waals surface area contributed by atoms with Crippen LogP contribution in [-0.4, -0.2) is 6.56 Å². The van der Waals surface area contributed by atoms with Crippen molar-refractivity contribution in [1.29, 1.82) is 0 Å². The minimum Gasteiger partial charge on any atom is -0.501 e. The molecular formula is C4H6O. The molecule has 1 rings (SSSR count). The predicted octanol–water partition coefficient (Wildman–Crippen LogP) is 0.920. The van der Waals surface area contributed by atoms with E-state index >= 15 is 0 Å². The zero-order chi connectivity index (χ0) is 5.33. The number of ether oxygens (including phenoxy) is 1. The summed E-state index contributed by atoms with van der Waals surface area (Å²) in [4.78, 5) is 0. The molecule has 0 fully saturated rings. The topological polar surface area (TPSA) is 9.23 Å². The van der Waals surface area contributed by atoms with E-state index < -0.39 is 6.56 Å². The van der Waals surface area contributed by atoms with Gasteiger partial charge in [0.2, 0.25) is 0 Å². The van der Waals surface area contributed by atoms with Gasteiger partial charge >= 0.3 is 0 Å². The smallest absolute Gasteiger partial charge is 0.0908 e. The van der Waals surface area contributed by atoms with Crippen LogP contribution in [0.2, 0.25) is 0 Å². The highest BCUT2D eigenvalue weighted by Gasteiger charge is 1.83. The van der Waals surface area contributed by atoms with Crippen molar-refractivity contribution in [1.82, 2.24) is 0 Å². The fourth-order valence-corrected chi connectivity index (χ4v) is 0.241. The molecule has 1 aliphatic heterocycles. The molecule has 0 aromatic rings. The average molecular weight is 72.1 g/mol. The predicted molar refractivity (Wildman–Crippen MR) is 19.7 cm³/mol. The van der Waals surface area contributed by atoms with E-state index in [1.165, 1.54) is 6.26 Å². The molecule has 0 radical (unpaired) electrons. The average Bonchev–Trinajstić information content (AvgIpc) is 1.84. The molecule has 0 aromatic carbocycles. The van der Waals surface area contributed by atoms with Gasteiger partial charge in [-0.25, -0.2) is 0 Å². The molecule has 1 heteroatoms. The first-order valence-electron chi connectivity index (χ1n) is 2.53. The van der Waals surface area contributed by atoms with E-state index in [0.29, 0.717) is 6.42 Å². The fraction of sp³-hybridized carbons (Fsp3) is 0.500. The SMILES string of the molecule is [2H]C1([2H])CC=CO1. The zero-order valence-electron chi connectivity index (χ0n) is 4.77. The molecule has 28 valence electrons. The third-order valence-electron chi connectivity index (χ3n) is 0.449. The Morgan fingerprint density at radius 1 is 2.00 bits per heavy atom. The van der Waals surface area contributed by atoms with E-state index in [1.807, 2.05) is 0 Å². The number of hydrogen-bond acceptors (Lipinski definition) is 1. The summed E-state index contributed by atoms with van der Waals surface area (Å²) >= 11 is 0. The molecule has 0 atom stereocenters. The van der Waals surface area contributed by atoms with Crippen LogP contribution in [0.5, 0.6) is 0 Å². The monoisotopic (exact) mass is 72.1 g/mol. The van der Waals surface area contributed by atoms with Gasteiger partial charge in [-0.2, -0.15) is 0 Å². The highest BCUT2D eigenvalue weighted by atomic mass is 16.5. The van der Waals surface area contributed by atoms with Gasteiger partial charge in [0, 0.05) is 6.42 Å². The van der Waals surface area contributed by atoms with Crippen molar-refractivity contribution in [2.24, 2.45) is 0 Å². The van der Waals surface area contributed by atoms with E-state index in [2.05, 4.69) is 4.74 Å². The van der Waals surface area contributed by atoms with E-state index in [4.69, 9.17) is 2.74 Å². The molecule has 0 amide bonds. The minimum absolute atomic E-state index is 0.382. The van der Waals surface area contributed by atoms with Gasteiger partial charge in [0.25, 0.3) is 0 Å². The van der Waals surface area contributed by atoms with Crippen LogP contribution < -0.4 is 0 Å². The van der Waals surface area contributed by atoms with E-state index in [-0.39, 0.29) is 0 Å². The number of rotatable bonds is 0. The van der Waals surface area contributed by atoms with Crippen molar-refractivity contribution in [3.05, 3.63) is 12.3 Å². The van der Waals surface area contributed by atoms with Gasteiger partial charge < -0.3 is 4.74 Å². The Labute approximate surface area is 34.1 Å². The van der Waals surface area contributed by atoms with E-state index in [0.717, 1.165) is 0 Å². The van der Waals surface area contributed by atoms with Crippen LogP contribution in [-0.2, 0) is 4.74 Å². The van der Waals surface area contributed by atoms with Crippen molar-refractivity contribution in [3.8, 4) is 0 Å². The summed E-state index contributed by atoms with van der Waals surface area (Å²) in [5, 5.41) is 0.